The lowest BCUT2D eigenvalue weighted by atomic mass is 9.30. The van der Waals surface area contributed by atoms with Crippen molar-refractivity contribution in [2.24, 2.45) is 0 Å². The summed E-state index contributed by atoms with van der Waals surface area (Å²) in [4.78, 5) is 8.16. The van der Waals surface area contributed by atoms with Crippen molar-refractivity contribution in [1.29, 1.82) is 0 Å². The van der Waals surface area contributed by atoms with Crippen molar-refractivity contribution in [1.82, 2.24) is 9.13 Å². The van der Waals surface area contributed by atoms with Gasteiger partial charge in [0.25, 0.3) is 13.4 Å². The lowest BCUT2D eigenvalue weighted by Gasteiger charge is -2.47. The average Bonchev–Trinajstić information content (AvgIpc) is 0.760. The van der Waals surface area contributed by atoms with Gasteiger partial charge in [-0.1, -0.05) is 370 Å². The van der Waals surface area contributed by atoms with Crippen LogP contribution < -0.4 is 52.2 Å². The minimum atomic E-state index is -0.343. The second kappa shape index (κ2) is 30.0. The summed E-state index contributed by atoms with van der Waals surface area (Å²) in [5.74, 6) is 1.71. The van der Waals surface area contributed by atoms with Crippen molar-refractivity contribution in [3.63, 3.8) is 0 Å². The Bertz CT molecular complexity index is 7500. The van der Waals surface area contributed by atoms with E-state index in [-0.39, 0.29) is 51.3 Å². The summed E-state index contributed by atoms with van der Waals surface area (Å²) in [5, 5.41) is 4.93. The number of hydrogen-bond donors (Lipinski definition) is 0. The standard InChI is InChI=1S/C124H117B2N5O/c1-118(2,3)80-48-56-87(57-49-80)127-107-75-108-101(126-99-59-51-86(124(19,20)21)69-112(99)132-113-73-89(129-104-62-54-83(121(10,11)12)66-96(104)97-67-84(122(13,14)15)55-63-105(97)129)72-111(115(113)126)131(108)117-92(78-40-30-24-31-41-78)46-35-47-93(117)79-42-32-25-33-43-79)74-100(107)125-98-58-50-85(123(16,17)18)68-106(98)130(116-90(76-36-26-22-27-37-76)44-34-45-91(116)77-38-28-23-29-39-77)110-71-88(70-109(127)114(110)125)128-102-60-52-81(119(4,5)6)64-94(102)95-65-82(120(7,8)9)53-61-103(95)128/h22-75H,1-21H3. The zero-order valence-corrected chi connectivity index (χ0v) is 80.5. The van der Waals surface area contributed by atoms with Crippen molar-refractivity contribution in [3.8, 4) is 67.4 Å². The Morgan fingerprint density at radius 3 is 0.886 bits per heavy atom. The van der Waals surface area contributed by atoms with Gasteiger partial charge in [0.15, 0.2) is 0 Å². The number of hydrogen-bond acceptors (Lipinski definition) is 4. The van der Waals surface area contributed by atoms with Gasteiger partial charge in [-0.25, -0.2) is 0 Å². The number of anilines is 9. The fourth-order valence-electron chi connectivity index (χ4n) is 21.7. The van der Waals surface area contributed by atoms with Gasteiger partial charge in [-0.2, -0.15) is 0 Å². The first kappa shape index (κ1) is 84.0. The zero-order chi connectivity index (χ0) is 91.7. The number of ether oxygens (including phenoxy) is 1. The van der Waals surface area contributed by atoms with Crippen molar-refractivity contribution in [3.05, 3.63) is 367 Å². The molecule has 0 amide bonds. The molecule has 0 unspecified atom stereocenters. The smallest absolute Gasteiger partial charge is 0.256 e. The van der Waals surface area contributed by atoms with Crippen molar-refractivity contribution in [2.45, 2.75) is 183 Å². The molecule has 132 heavy (non-hydrogen) atoms. The van der Waals surface area contributed by atoms with E-state index in [1.165, 1.54) is 82.3 Å². The normalized spacial score (nSPS) is 13.8. The topological polar surface area (TPSA) is 28.8 Å². The molecule has 0 spiro atoms. The molecule has 0 fully saturated rings. The number of nitrogens with zero attached hydrogens (tertiary/aromatic N) is 5. The molecular formula is C124H117B2N5O. The molecule has 8 heteroatoms. The summed E-state index contributed by atoms with van der Waals surface area (Å²) < 4.78 is 13.2. The third-order valence-electron chi connectivity index (χ3n) is 29.0. The van der Waals surface area contributed by atoms with Crippen molar-refractivity contribution < 1.29 is 4.74 Å². The van der Waals surface area contributed by atoms with E-state index in [1.54, 1.807) is 0 Å². The van der Waals surface area contributed by atoms with E-state index >= 15 is 0 Å². The molecule has 0 N–H and O–H groups in total. The molecule has 6 nitrogen and oxygen atoms in total. The third kappa shape index (κ3) is 13.7. The highest BCUT2D eigenvalue weighted by Crippen LogP contribution is 2.57. The van der Waals surface area contributed by atoms with Gasteiger partial charge in [0.2, 0.25) is 0 Å². The van der Waals surface area contributed by atoms with Gasteiger partial charge < -0.3 is 28.6 Å². The molecule has 650 valence electrons. The predicted molar refractivity (Wildman–Crippen MR) is 568 cm³/mol. The summed E-state index contributed by atoms with van der Waals surface area (Å²) >= 11 is 0. The molecule has 0 radical (unpaired) electrons. The van der Waals surface area contributed by atoms with Crippen LogP contribution in [0.15, 0.2) is 328 Å². The van der Waals surface area contributed by atoms with E-state index in [4.69, 9.17) is 4.74 Å². The Morgan fingerprint density at radius 1 is 0.205 bits per heavy atom. The van der Waals surface area contributed by atoms with Gasteiger partial charge in [0.05, 0.1) is 44.8 Å². The third-order valence-corrected chi connectivity index (χ3v) is 29.0. The van der Waals surface area contributed by atoms with E-state index in [0.29, 0.717) is 0 Å². The molecule has 0 saturated carbocycles. The maximum atomic E-state index is 8.02. The van der Waals surface area contributed by atoms with Gasteiger partial charge in [0.1, 0.15) is 11.5 Å². The van der Waals surface area contributed by atoms with Crippen LogP contribution in [-0.4, -0.2) is 22.6 Å². The maximum absolute atomic E-state index is 8.02. The van der Waals surface area contributed by atoms with Gasteiger partial charge in [-0.3, -0.25) is 0 Å². The molecule has 16 aromatic carbocycles. The quantitative estimate of drug-likeness (QED) is 0.135. The first-order valence-electron chi connectivity index (χ1n) is 47.6. The molecule has 18 aromatic rings. The van der Waals surface area contributed by atoms with Crippen LogP contribution in [0.3, 0.4) is 0 Å². The summed E-state index contributed by atoms with van der Waals surface area (Å²) in [6.07, 6.45) is 0. The first-order chi connectivity index (χ1) is 62.9. The molecule has 4 aliphatic rings. The lowest BCUT2D eigenvalue weighted by molar-refractivity contribution is 0.483. The Hall–Kier alpha value is -13.6. The fraction of sp³-hybridized carbons (Fsp3) is 0.226. The van der Waals surface area contributed by atoms with Crippen molar-refractivity contribution >= 4 is 141 Å². The van der Waals surface area contributed by atoms with E-state index in [1.807, 2.05) is 0 Å². The van der Waals surface area contributed by atoms with Gasteiger partial charge in [-0.05, 0) is 229 Å². The van der Waals surface area contributed by atoms with Crippen LogP contribution in [0.1, 0.15) is 184 Å². The average molecular weight is 1710 g/mol. The molecule has 0 aliphatic carbocycles. The lowest BCUT2D eigenvalue weighted by Crippen LogP contribution is -2.64. The first-order valence-corrected chi connectivity index (χ1v) is 47.6. The van der Waals surface area contributed by atoms with Crippen LogP contribution in [0.4, 0.5) is 51.2 Å². The van der Waals surface area contributed by atoms with Crippen molar-refractivity contribution in [2.75, 3.05) is 14.7 Å². The number of para-hydroxylation sites is 2. The molecule has 0 atom stereocenters. The maximum Gasteiger partial charge on any atom is 0.256 e. The molecule has 6 heterocycles. The number of aromatic nitrogens is 2. The number of fused-ring (bicyclic) bond motifs is 14. The Labute approximate surface area is 781 Å². The van der Waals surface area contributed by atoms with E-state index in [2.05, 4.69) is 497 Å². The molecule has 0 saturated heterocycles. The Kier molecular flexibility index (Phi) is 19.1. The predicted octanol–water partition coefficient (Wildman–Crippen LogP) is 30.1. The van der Waals surface area contributed by atoms with Crippen LogP contribution in [0, 0.1) is 0 Å². The fourth-order valence-corrected chi connectivity index (χ4v) is 21.7. The summed E-state index contributed by atoms with van der Waals surface area (Å²) in [5.41, 5.74) is 40.5. The van der Waals surface area contributed by atoms with Crippen LogP contribution >= 0.6 is 0 Å². The molecule has 22 rings (SSSR count). The summed E-state index contributed by atoms with van der Waals surface area (Å²) in [7, 11) is 0. The SMILES string of the molecule is CC(C)(C)c1ccc(N2c3cc4c(cc3B3c5ccc(C(C)(C)C)cc5N(c5c(-c6ccccc6)cccc5-c5ccccc5)c5cc(-n6c7ccc(C(C)(C)C)cc7c7cc(C(C)(C)C)ccc76)cc2c53)B2c3ccc(C(C)(C)C)cc3Oc3cc(-n5c6ccc(C(C)(C)C)cc6c6cc(C(C)(C)C)ccc65)cc(c32)N4c2c(-c3ccccc3)cccc2-c2ccccc2)cc1. The van der Waals surface area contributed by atoms with Gasteiger partial charge >= 0.3 is 0 Å². The van der Waals surface area contributed by atoms with Gasteiger partial charge in [-0.15, -0.1) is 0 Å². The highest BCUT2D eigenvalue weighted by molar-refractivity contribution is 7.02. The molecular weight excluding hydrogens is 1600 g/mol. The summed E-state index contributed by atoms with van der Waals surface area (Å²) in [6.45, 7) is 48.6. The number of rotatable bonds is 9. The highest BCUT2D eigenvalue weighted by atomic mass is 16.5. The minimum Gasteiger partial charge on any atom is -0.458 e. The second-order valence-corrected chi connectivity index (χ2v) is 45.0. The van der Waals surface area contributed by atoms with Crippen LogP contribution in [0.25, 0.3) is 99.5 Å². The minimum absolute atomic E-state index is 0.103. The Morgan fingerprint density at radius 2 is 0.508 bits per heavy atom. The molecule has 2 aromatic heterocycles. The second-order valence-electron chi connectivity index (χ2n) is 45.0. The van der Waals surface area contributed by atoms with Gasteiger partial charge in [0, 0.05) is 89.7 Å². The summed E-state index contributed by atoms with van der Waals surface area (Å²) in [6, 6.07) is 128. The van der Waals surface area contributed by atoms with E-state index in [9.17, 15) is 0 Å². The Balaban J connectivity index is 0.931. The van der Waals surface area contributed by atoms with Crippen LogP contribution in [0.5, 0.6) is 11.5 Å². The van der Waals surface area contributed by atoms with Crippen LogP contribution in [0.2, 0.25) is 0 Å². The van der Waals surface area contributed by atoms with E-state index < -0.39 is 0 Å². The number of benzene rings is 16. The largest absolute Gasteiger partial charge is 0.458 e. The highest BCUT2D eigenvalue weighted by Gasteiger charge is 2.50. The molecule has 0 bridgehead atoms. The van der Waals surface area contributed by atoms with Crippen LogP contribution in [-0.2, 0) is 37.9 Å². The van der Waals surface area contributed by atoms with E-state index in [0.717, 1.165) is 152 Å². The molecule has 4 aliphatic heterocycles. The monoisotopic (exact) mass is 1710 g/mol. The zero-order valence-electron chi connectivity index (χ0n) is 80.5.